The number of carbonyl (C=O) groups is 2. The third kappa shape index (κ3) is 3.57. The number of benzene rings is 1. The van der Waals surface area contributed by atoms with E-state index in [0.29, 0.717) is 13.2 Å². The van der Waals surface area contributed by atoms with E-state index in [1.165, 1.54) is 24.0 Å². The van der Waals surface area contributed by atoms with E-state index in [4.69, 9.17) is 4.74 Å². The van der Waals surface area contributed by atoms with Crippen LogP contribution in [0.1, 0.15) is 54.1 Å². The number of esters is 1. The van der Waals surface area contributed by atoms with E-state index in [2.05, 4.69) is 12.1 Å². The van der Waals surface area contributed by atoms with Crippen LogP contribution >= 0.6 is 0 Å². The van der Waals surface area contributed by atoms with Crippen molar-refractivity contribution in [3.63, 3.8) is 0 Å². The molecular weight excluding hydrogens is 290 g/mol. The maximum absolute atomic E-state index is 12.8. The van der Waals surface area contributed by atoms with Crippen molar-refractivity contribution in [2.45, 2.75) is 45.4 Å². The van der Waals surface area contributed by atoms with Crippen molar-refractivity contribution in [2.24, 2.45) is 5.92 Å². The normalized spacial score (nSPS) is 20.7. The average molecular weight is 315 g/mol. The molecule has 2 aliphatic rings. The monoisotopic (exact) mass is 315 g/mol. The lowest BCUT2D eigenvalue weighted by molar-refractivity contribution is -0.149. The number of ether oxygens (including phenoxy) is 1. The van der Waals surface area contributed by atoms with Gasteiger partial charge in [0.15, 0.2) is 0 Å². The van der Waals surface area contributed by atoms with Gasteiger partial charge in [0.25, 0.3) is 5.91 Å². The molecule has 1 amide bonds. The van der Waals surface area contributed by atoms with Gasteiger partial charge in [0.05, 0.1) is 12.5 Å². The second-order valence-electron chi connectivity index (χ2n) is 6.53. The van der Waals surface area contributed by atoms with Crippen LogP contribution < -0.4 is 0 Å². The summed E-state index contributed by atoms with van der Waals surface area (Å²) in [4.78, 5) is 26.5. The van der Waals surface area contributed by atoms with E-state index in [1.807, 2.05) is 17.9 Å². The van der Waals surface area contributed by atoms with Crippen LogP contribution in [0.25, 0.3) is 0 Å². The molecule has 4 heteroatoms. The number of amides is 1. The van der Waals surface area contributed by atoms with E-state index in [1.54, 1.807) is 0 Å². The van der Waals surface area contributed by atoms with Crippen LogP contribution in [0.5, 0.6) is 0 Å². The highest BCUT2D eigenvalue weighted by atomic mass is 16.5. The zero-order valence-electron chi connectivity index (χ0n) is 13.8. The van der Waals surface area contributed by atoms with Crippen LogP contribution in [0, 0.1) is 5.92 Å². The fourth-order valence-corrected chi connectivity index (χ4v) is 3.66. The van der Waals surface area contributed by atoms with Crippen LogP contribution in [-0.2, 0) is 22.4 Å². The molecule has 124 valence electrons. The van der Waals surface area contributed by atoms with E-state index in [0.717, 1.165) is 37.8 Å². The Morgan fingerprint density at radius 1 is 1.17 bits per heavy atom. The molecule has 0 bridgehead atoms. The minimum absolute atomic E-state index is 0.0485. The largest absolute Gasteiger partial charge is 0.466 e. The summed E-state index contributed by atoms with van der Waals surface area (Å²) in [6, 6.07) is 6.11. The zero-order chi connectivity index (χ0) is 16.2. The molecule has 1 unspecified atom stereocenters. The summed E-state index contributed by atoms with van der Waals surface area (Å²) >= 11 is 0. The molecule has 3 rings (SSSR count). The number of rotatable bonds is 3. The molecule has 0 spiro atoms. The molecule has 1 aromatic carbocycles. The number of nitrogens with zero attached hydrogens (tertiary/aromatic N) is 1. The molecule has 1 aromatic rings. The van der Waals surface area contributed by atoms with Crippen molar-refractivity contribution in [1.29, 1.82) is 0 Å². The Morgan fingerprint density at radius 2 is 1.96 bits per heavy atom. The summed E-state index contributed by atoms with van der Waals surface area (Å²) in [6.07, 6.45) is 6.32. The topological polar surface area (TPSA) is 46.6 Å². The van der Waals surface area contributed by atoms with Crippen LogP contribution in [-0.4, -0.2) is 36.5 Å². The predicted molar refractivity (Wildman–Crippen MR) is 88.3 cm³/mol. The number of aryl methyl sites for hydroxylation is 2. The predicted octanol–water partition coefficient (Wildman–Crippen LogP) is 2.98. The molecule has 0 N–H and O–H groups in total. The van der Waals surface area contributed by atoms with Gasteiger partial charge in [-0.1, -0.05) is 6.07 Å². The zero-order valence-corrected chi connectivity index (χ0v) is 13.8. The summed E-state index contributed by atoms with van der Waals surface area (Å²) in [7, 11) is 0. The highest BCUT2D eigenvalue weighted by molar-refractivity contribution is 5.95. The summed E-state index contributed by atoms with van der Waals surface area (Å²) in [5.41, 5.74) is 3.46. The highest BCUT2D eigenvalue weighted by Crippen LogP contribution is 2.24. The molecule has 1 fully saturated rings. The number of carbonyl (C=O) groups excluding carboxylic acids is 2. The minimum Gasteiger partial charge on any atom is -0.466 e. The van der Waals surface area contributed by atoms with Gasteiger partial charge in [-0.05, 0) is 68.7 Å². The molecule has 0 aromatic heterocycles. The van der Waals surface area contributed by atoms with E-state index in [-0.39, 0.29) is 17.8 Å². The van der Waals surface area contributed by atoms with Crippen molar-refractivity contribution in [1.82, 2.24) is 4.90 Å². The highest BCUT2D eigenvalue weighted by Gasteiger charge is 2.30. The SMILES string of the molecule is CCOC(=O)C1CCCN(C(=O)c2ccc3c(c2)CCCC3)C1. The van der Waals surface area contributed by atoms with Crippen LogP contribution in [0.3, 0.4) is 0 Å². The third-order valence-electron chi connectivity index (χ3n) is 4.92. The standard InChI is InChI=1S/C19H25NO3/c1-2-23-19(22)17-8-5-11-20(13-17)18(21)16-10-9-14-6-3-4-7-15(14)12-16/h9-10,12,17H,2-8,11,13H2,1H3. The molecule has 4 nitrogen and oxygen atoms in total. The van der Waals surface area contributed by atoms with Crippen molar-refractivity contribution in [3.05, 3.63) is 34.9 Å². The lowest BCUT2D eigenvalue weighted by Crippen LogP contribution is -2.42. The van der Waals surface area contributed by atoms with Gasteiger partial charge in [0, 0.05) is 18.7 Å². The van der Waals surface area contributed by atoms with Crippen LogP contribution in [0.4, 0.5) is 0 Å². The Hall–Kier alpha value is -1.84. The van der Waals surface area contributed by atoms with E-state index >= 15 is 0 Å². The van der Waals surface area contributed by atoms with E-state index in [9.17, 15) is 9.59 Å². The maximum atomic E-state index is 12.8. The van der Waals surface area contributed by atoms with Gasteiger partial charge in [-0.25, -0.2) is 0 Å². The first kappa shape index (κ1) is 16.0. The van der Waals surface area contributed by atoms with Crippen molar-refractivity contribution < 1.29 is 14.3 Å². The van der Waals surface area contributed by atoms with Gasteiger partial charge in [-0.3, -0.25) is 9.59 Å². The van der Waals surface area contributed by atoms with Crippen molar-refractivity contribution >= 4 is 11.9 Å². The molecular formula is C19H25NO3. The molecule has 0 radical (unpaired) electrons. The minimum atomic E-state index is -0.176. The number of hydrogen-bond acceptors (Lipinski definition) is 3. The second kappa shape index (κ2) is 7.16. The van der Waals surface area contributed by atoms with E-state index < -0.39 is 0 Å². The Morgan fingerprint density at radius 3 is 2.74 bits per heavy atom. The van der Waals surface area contributed by atoms with Gasteiger partial charge in [-0.2, -0.15) is 0 Å². The first-order valence-electron chi connectivity index (χ1n) is 8.76. The molecule has 1 aliphatic carbocycles. The van der Waals surface area contributed by atoms with Gasteiger partial charge in [0.2, 0.25) is 0 Å². The van der Waals surface area contributed by atoms with Gasteiger partial charge in [0.1, 0.15) is 0 Å². The molecule has 23 heavy (non-hydrogen) atoms. The summed E-state index contributed by atoms with van der Waals surface area (Å²) in [5.74, 6) is -0.298. The third-order valence-corrected chi connectivity index (χ3v) is 4.92. The fourth-order valence-electron chi connectivity index (χ4n) is 3.66. The van der Waals surface area contributed by atoms with Crippen molar-refractivity contribution in [3.8, 4) is 0 Å². The summed E-state index contributed by atoms with van der Waals surface area (Å²) in [6.45, 7) is 3.42. The van der Waals surface area contributed by atoms with Gasteiger partial charge < -0.3 is 9.64 Å². The lowest BCUT2D eigenvalue weighted by atomic mass is 9.90. The van der Waals surface area contributed by atoms with Gasteiger partial charge in [-0.15, -0.1) is 0 Å². The Labute approximate surface area is 137 Å². The summed E-state index contributed by atoms with van der Waals surface area (Å²) < 4.78 is 5.11. The Bertz CT molecular complexity index is 596. The first-order valence-corrected chi connectivity index (χ1v) is 8.76. The molecule has 1 saturated heterocycles. The maximum Gasteiger partial charge on any atom is 0.310 e. The number of fused-ring (bicyclic) bond motifs is 1. The Kier molecular flexibility index (Phi) is 4.99. The molecule has 0 saturated carbocycles. The molecule has 1 aliphatic heterocycles. The van der Waals surface area contributed by atoms with Crippen LogP contribution in [0.2, 0.25) is 0 Å². The molecule has 1 atom stereocenters. The molecule has 1 heterocycles. The quantitative estimate of drug-likeness (QED) is 0.806. The smallest absolute Gasteiger partial charge is 0.310 e. The summed E-state index contributed by atoms with van der Waals surface area (Å²) in [5, 5.41) is 0. The first-order chi connectivity index (χ1) is 11.2. The second-order valence-corrected chi connectivity index (χ2v) is 6.53. The number of likely N-dealkylation sites (tertiary alicyclic amines) is 1. The number of hydrogen-bond donors (Lipinski definition) is 0. The Balaban J connectivity index is 1.71. The van der Waals surface area contributed by atoms with Crippen LogP contribution in [0.15, 0.2) is 18.2 Å². The lowest BCUT2D eigenvalue weighted by Gasteiger charge is -2.32. The van der Waals surface area contributed by atoms with Crippen molar-refractivity contribution in [2.75, 3.05) is 19.7 Å². The van der Waals surface area contributed by atoms with Gasteiger partial charge >= 0.3 is 5.97 Å². The average Bonchev–Trinajstić information content (AvgIpc) is 2.61. The number of piperidine rings is 1. The fraction of sp³-hybridized carbons (Fsp3) is 0.579.